The highest BCUT2D eigenvalue weighted by Gasteiger charge is 2.35. The highest BCUT2D eigenvalue weighted by molar-refractivity contribution is 5.91. The molecular weight excluding hydrogens is 263 g/mol. The second kappa shape index (κ2) is 5.16. The lowest BCUT2D eigenvalue weighted by atomic mass is 9.92. The normalized spacial score (nSPS) is 24.2. The van der Waals surface area contributed by atoms with Gasteiger partial charge < -0.3 is 5.32 Å². The van der Waals surface area contributed by atoms with Crippen LogP contribution in [0.5, 0.6) is 0 Å². The Balaban J connectivity index is 1.97. The van der Waals surface area contributed by atoms with Gasteiger partial charge in [-0.25, -0.2) is 0 Å². The number of hydrogen-bond acceptors (Lipinski definition) is 4. The number of aromatic nitrogens is 3. The summed E-state index contributed by atoms with van der Waals surface area (Å²) in [6.45, 7) is 2.66. The molecule has 1 fully saturated rings. The molecule has 6 nitrogen and oxygen atoms in total. The molecule has 2 atom stereocenters. The van der Waals surface area contributed by atoms with Crippen LogP contribution in [0.15, 0.2) is 0 Å². The van der Waals surface area contributed by atoms with Gasteiger partial charge in [0.25, 0.3) is 0 Å². The summed E-state index contributed by atoms with van der Waals surface area (Å²) in [6, 6.07) is 0.211. The Kier molecular flexibility index (Phi) is 3.74. The molecule has 9 heteroatoms. The van der Waals surface area contributed by atoms with Crippen molar-refractivity contribution in [1.29, 1.82) is 0 Å². The highest BCUT2D eigenvalue weighted by atomic mass is 19.4. The van der Waals surface area contributed by atoms with Gasteiger partial charge in [0.05, 0.1) is 0 Å². The number of piperidine rings is 1. The maximum Gasteiger partial charge on any atom is 0.451 e. The number of halogens is 3. The zero-order valence-electron chi connectivity index (χ0n) is 10.2. The first-order chi connectivity index (χ1) is 8.86. The van der Waals surface area contributed by atoms with Crippen LogP contribution in [0, 0.1) is 5.92 Å². The second-order valence-corrected chi connectivity index (χ2v) is 4.57. The van der Waals surface area contributed by atoms with Gasteiger partial charge in [-0.15, -0.1) is 5.10 Å². The fourth-order valence-electron chi connectivity index (χ4n) is 2.03. The number of carbonyl (C=O) groups is 1. The summed E-state index contributed by atoms with van der Waals surface area (Å²) in [5.41, 5.74) is 0. The molecule has 0 radical (unpaired) electrons. The van der Waals surface area contributed by atoms with E-state index in [4.69, 9.17) is 0 Å². The number of nitrogens with one attached hydrogen (secondary N) is 3. The number of aromatic amines is 1. The summed E-state index contributed by atoms with van der Waals surface area (Å²) in [6.07, 6.45) is -3.31. The van der Waals surface area contributed by atoms with Gasteiger partial charge in [0.15, 0.2) is 0 Å². The van der Waals surface area contributed by atoms with Crippen LogP contribution in [0.1, 0.15) is 25.6 Å². The molecule has 1 saturated heterocycles. The summed E-state index contributed by atoms with van der Waals surface area (Å²) in [5, 5.41) is 10.6. The van der Waals surface area contributed by atoms with Gasteiger partial charge in [0, 0.05) is 12.0 Å². The van der Waals surface area contributed by atoms with Gasteiger partial charge >= 0.3 is 6.18 Å². The molecule has 1 aromatic rings. The van der Waals surface area contributed by atoms with Crippen LogP contribution < -0.4 is 10.6 Å². The van der Waals surface area contributed by atoms with E-state index in [0.29, 0.717) is 19.4 Å². The molecular formula is C10H14F3N5O. The van der Waals surface area contributed by atoms with Crippen molar-refractivity contribution in [1.82, 2.24) is 20.5 Å². The van der Waals surface area contributed by atoms with Crippen molar-refractivity contribution < 1.29 is 18.0 Å². The molecule has 3 N–H and O–H groups in total. The number of rotatable bonds is 2. The molecule has 0 bridgehead atoms. The molecule has 19 heavy (non-hydrogen) atoms. The monoisotopic (exact) mass is 277 g/mol. The first-order valence-corrected chi connectivity index (χ1v) is 5.90. The number of H-pyrrole nitrogens is 1. The molecule has 0 aliphatic carbocycles. The minimum atomic E-state index is -4.60. The van der Waals surface area contributed by atoms with E-state index >= 15 is 0 Å². The van der Waals surface area contributed by atoms with Gasteiger partial charge in [0.1, 0.15) is 0 Å². The predicted molar refractivity (Wildman–Crippen MR) is 60.2 cm³/mol. The van der Waals surface area contributed by atoms with Crippen LogP contribution in [0.2, 0.25) is 0 Å². The Labute approximate surface area is 107 Å². The van der Waals surface area contributed by atoms with Crippen molar-refractivity contribution >= 4 is 11.9 Å². The van der Waals surface area contributed by atoms with Crippen LogP contribution in [-0.4, -0.2) is 33.7 Å². The van der Waals surface area contributed by atoms with Crippen molar-refractivity contribution in [3.63, 3.8) is 0 Å². The van der Waals surface area contributed by atoms with E-state index in [-0.39, 0.29) is 23.8 Å². The molecule has 0 spiro atoms. The van der Waals surface area contributed by atoms with Gasteiger partial charge in [-0.3, -0.25) is 15.2 Å². The molecule has 2 rings (SSSR count). The van der Waals surface area contributed by atoms with Crippen molar-refractivity contribution in [2.75, 3.05) is 11.9 Å². The Morgan fingerprint density at radius 3 is 2.79 bits per heavy atom. The Hall–Kier alpha value is -1.64. The van der Waals surface area contributed by atoms with Crippen molar-refractivity contribution in [3.8, 4) is 0 Å². The smallest absolute Gasteiger partial charge is 0.314 e. The third kappa shape index (κ3) is 3.43. The summed E-state index contributed by atoms with van der Waals surface area (Å²) in [4.78, 5) is 15.1. The van der Waals surface area contributed by atoms with Gasteiger partial charge in [-0.1, -0.05) is 0 Å². The Morgan fingerprint density at radius 2 is 2.21 bits per heavy atom. The van der Waals surface area contributed by atoms with E-state index in [2.05, 4.69) is 20.7 Å². The lowest BCUT2D eigenvalue weighted by molar-refractivity contribution is -0.144. The summed E-state index contributed by atoms with van der Waals surface area (Å²) < 4.78 is 36.9. The second-order valence-electron chi connectivity index (χ2n) is 4.57. The molecule has 2 heterocycles. The van der Waals surface area contributed by atoms with E-state index in [0.717, 1.165) is 0 Å². The maximum absolute atomic E-state index is 12.3. The Morgan fingerprint density at radius 1 is 1.47 bits per heavy atom. The number of anilines is 1. The number of nitrogens with zero attached hydrogens (tertiary/aromatic N) is 2. The quantitative estimate of drug-likeness (QED) is 0.757. The summed E-state index contributed by atoms with van der Waals surface area (Å²) >= 11 is 0. The molecule has 1 amide bonds. The third-order valence-electron chi connectivity index (χ3n) is 2.98. The van der Waals surface area contributed by atoms with Crippen molar-refractivity contribution in [2.24, 2.45) is 5.92 Å². The standard InChI is InChI=1S/C10H14F3N5O/c1-5-4-6(2-3-14-5)7(19)15-9-16-8(17-18-9)10(11,12)13/h5-6,14H,2-4H2,1H3,(H2,15,16,17,18,19)/t5-,6-/m0/s1. The van der Waals surface area contributed by atoms with Crippen LogP contribution in [0.4, 0.5) is 19.1 Å². The molecule has 1 aliphatic rings. The van der Waals surface area contributed by atoms with Crippen LogP contribution in [-0.2, 0) is 11.0 Å². The van der Waals surface area contributed by atoms with E-state index in [9.17, 15) is 18.0 Å². The maximum atomic E-state index is 12.3. The fraction of sp³-hybridized carbons (Fsp3) is 0.700. The van der Waals surface area contributed by atoms with Crippen LogP contribution >= 0.6 is 0 Å². The summed E-state index contributed by atoms with van der Waals surface area (Å²) in [7, 11) is 0. The largest absolute Gasteiger partial charge is 0.451 e. The van der Waals surface area contributed by atoms with Gasteiger partial charge in [-0.05, 0) is 26.3 Å². The lowest BCUT2D eigenvalue weighted by Gasteiger charge is -2.26. The molecule has 1 aromatic heterocycles. The van der Waals surface area contributed by atoms with E-state index < -0.39 is 12.0 Å². The molecule has 0 unspecified atom stereocenters. The zero-order valence-corrected chi connectivity index (χ0v) is 10.2. The fourth-order valence-corrected chi connectivity index (χ4v) is 2.03. The molecule has 0 aromatic carbocycles. The Bertz CT molecular complexity index is 458. The average molecular weight is 277 g/mol. The number of alkyl halides is 3. The van der Waals surface area contributed by atoms with E-state index in [1.807, 2.05) is 6.92 Å². The number of carbonyl (C=O) groups excluding carboxylic acids is 1. The van der Waals surface area contributed by atoms with E-state index in [1.165, 1.54) is 0 Å². The lowest BCUT2D eigenvalue weighted by Crippen LogP contribution is -2.40. The predicted octanol–water partition coefficient (Wildman–Crippen LogP) is 1.15. The highest BCUT2D eigenvalue weighted by Crippen LogP contribution is 2.26. The van der Waals surface area contributed by atoms with E-state index in [1.54, 1.807) is 5.10 Å². The van der Waals surface area contributed by atoms with Gasteiger partial charge in [0.2, 0.25) is 17.7 Å². The minimum Gasteiger partial charge on any atom is -0.314 e. The first kappa shape index (κ1) is 13.8. The average Bonchev–Trinajstić information content (AvgIpc) is 2.77. The summed E-state index contributed by atoms with van der Waals surface area (Å²) in [5.74, 6) is -2.14. The van der Waals surface area contributed by atoms with Crippen LogP contribution in [0.3, 0.4) is 0 Å². The minimum absolute atomic E-state index is 0.211. The van der Waals surface area contributed by atoms with Gasteiger partial charge in [-0.2, -0.15) is 18.2 Å². The van der Waals surface area contributed by atoms with Crippen molar-refractivity contribution in [3.05, 3.63) is 5.82 Å². The molecule has 1 aliphatic heterocycles. The molecule has 0 saturated carbocycles. The molecule has 106 valence electrons. The third-order valence-corrected chi connectivity index (χ3v) is 2.98. The first-order valence-electron chi connectivity index (χ1n) is 5.90. The van der Waals surface area contributed by atoms with Crippen molar-refractivity contribution in [2.45, 2.75) is 32.0 Å². The number of amides is 1. The van der Waals surface area contributed by atoms with Crippen LogP contribution in [0.25, 0.3) is 0 Å². The topological polar surface area (TPSA) is 82.7 Å². The zero-order chi connectivity index (χ0) is 14.0. The SMILES string of the molecule is C[C@H]1C[C@@H](C(=O)Nc2n[nH]c(C(F)(F)F)n2)CCN1. The number of hydrogen-bond donors (Lipinski definition) is 3.